The van der Waals surface area contributed by atoms with Crippen molar-refractivity contribution >= 4 is 17.6 Å². The van der Waals surface area contributed by atoms with Gasteiger partial charge in [0.2, 0.25) is 0 Å². The van der Waals surface area contributed by atoms with Crippen LogP contribution < -0.4 is 0 Å². The van der Waals surface area contributed by atoms with Crippen LogP contribution in [0.25, 0.3) is 0 Å². The minimum atomic E-state index is -0.620. The maximum Gasteiger partial charge on any atom is 0.341 e. The smallest absolute Gasteiger partial charge is 0.341 e. The standard InChI is InChI=1S/C14H19ClFNO2/c1-2-3-4-5-6-7-8-19-14(18)12-9-11(16)10-17-13(12)15/h9-10H,2-8H2,1H3. The molecule has 3 nitrogen and oxygen atoms in total. The SMILES string of the molecule is CCCCCCCCOC(=O)c1cc(F)cnc1Cl. The number of hydrogen-bond donors (Lipinski definition) is 0. The molecule has 0 atom stereocenters. The van der Waals surface area contributed by atoms with Crippen molar-refractivity contribution < 1.29 is 13.9 Å². The van der Waals surface area contributed by atoms with Gasteiger partial charge in [0.15, 0.2) is 0 Å². The first-order valence-electron chi connectivity index (χ1n) is 6.63. The summed E-state index contributed by atoms with van der Waals surface area (Å²) >= 11 is 5.71. The monoisotopic (exact) mass is 287 g/mol. The van der Waals surface area contributed by atoms with Crippen molar-refractivity contribution in [1.82, 2.24) is 4.98 Å². The number of esters is 1. The van der Waals surface area contributed by atoms with Crippen LogP contribution in [0.1, 0.15) is 55.8 Å². The fraction of sp³-hybridized carbons (Fsp3) is 0.571. The zero-order chi connectivity index (χ0) is 14.1. The largest absolute Gasteiger partial charge is 0.462 e. The highest BCUT2D eigenvalue weighted by molar-refractivity contribution is 6.32. The summed E-state index contributed by atoms with van der Waals surface area (Å²) < 4.78 is 18.0. The van der Waals surface area contributed by atoms with Gasteiger partial charge in [-0.2, -0.15) is 0 Å². The van der Waals surface area contributed by atoms with Crippen LogP contribution in [0, 0.1) is 5.82 Å². The van der Waals surface area contributed by atoms with E-state index in [2.05, 4.69) is 11.9 Å². The summed E-state index contributed by atoms with van der Waals surface area (Å²) in [4.78, 5) is 15.2. The van der Waals surface area contributed by atoms with Crippen LogP contribution in [0.5, 0.6) is 0 Å². The Bertz CT molecular complexity index is 412. The van der Waals surface area contributed by atoms with Gasteiger partial charge in [0, 0.05) is 0 Å². The molecule has 0 saturated carbocycles. The molecule has 0 saturated heterocycles. The summed E-state index contributed by atoms with van der Waals surface area (Å²) in [5.41, 5.74) is -0.0207. The van der Waals surface area contributed by atoms with Gasteiger partial charge >= 0.3 is 5.97 Å². The lowest BCUT2D eigenvalue weighted by atomic mass is 10.1. The Morgan fingerprint density at radius 1 is 1.32 bits per heavy atom. The second-order valence-corrected chi connectivity index (χ2v) is 4.75. The number of ether oxygens (including phenoxy) is 1. The van der Waals surface area contributed by atoms with E-state index in [1.165, 1.54) is 19.3 Å². The number of pyridine rings is 1. The van der Waals surface area contributed by atoms with Gasteiger partial charge in [0.05, 0.1) is 18.4 Å². The van der Waals surface area contributed by atoms with E-state index in [1.807, 2.05) is 0 Å². The highest BCUT2D eigenvalue weighted by atomic mass is 35.5. The van der Waals surface area contributed by atoms with Gasteiger partial charge in [0.25, 0.3) is 0 Å². The molecular weight excluding hydrogens is 269 g/mol. The second-order valence-electron chi connectivity index (χ2n) is 4.40. The van der Waals surface area contributed by atoms with Crippen LogP contribution >= 0.6 is 11.6 Å². The number of aromatic nitrogens is 1. The Kier molecular flexibility index (Phi) is 7.41. The first-order valence-corrected chi connectivity index (χ1v) is 7.01. The average Bonchev–Trinajstić information content (AvgIpc) is 2.40. The second kappa shape index (κ2) is 8.86. The number of hydrogen-bond acceptors (Lipinski definition) is 3. The fourth-order valence-corrected chi connectivity index (χ4v) is 1.87. The van der Waals surface area contributed by atoms with E-state index in [-0.39, 0.29) is 10.7 Å². The van der Waals surface area contributed by atoms with Gasteiger partial charge in [-0.05, 0) is 12.5 Å². The van der Waals surface area contributed by atoms with Crippen molar-refractivity contribution in [1.29, 1.82) is 0 Å². The first-order chi connectivity index (χ1) is 9.15. The quantitative estimate of drug-likeness (QED) is 0.404. The molecule has 0 fully saturated rings. The molecular formula is C14H19ClFNO2. The lowest BCUT2D eigenvalue weighted by molar-refractivity contribution is 0.0497. The molecule has 0 aliphatic carbocycles. The number of carbonyl (C=O) groups is 1. The fourth-order valence-electron chi connectivity index (χ4n) is 1.69. The maximum absolute atomic E-state index is 12.9. The Hall–Kier alpha value is -1.16. The Labute approximate surface area is 118 Å². The average molecular weight is 288 g/mol. The number of unbranched alkanes of at least 4 members (excludes halogenated alkanes) is 5. The summed E-state index contributed by atoms with van der Waals surface area (Å²) in [6, 6.07) is 1.04. The molecule has 0 aliphatic rings. The summed E-state index contributed by atoms with van der Waals surface area (Å²) in [6.45, 7) is 2.50. The van der Waals surface area contributed by atoms with Crippen molar-refractivity contribution in [3.8, 4) is 0 Å². The van der Waals surface area contributed by atoms with Crippen LogP contribution in [0.3, 0.4) is 0 Å². The van der Waals surface area contributed by atoms with Crippen LogP contribution in [0.15, 0.2) is 12.3 Å². The third kappa shape index (κ3) is 6.01. The van der Waals surface area contributed by atoms with Gasteiger partial charge in [-0.15, -0.1) is 0 Å². The molecule has 0 aromatic carbocycles. The molecule has 0 amide bonds. The molecule has 1 rings (SSSR count). The normalized spacial score (nSPS) is 10.5. The van der Waals surface area contributed by atoms with Crippen molar-refractivity contribution in [2.45, 2.75) is 45.4 Å². The van der Waals surface area contributed by atoms with Crippen molar-refractivity contribution in [2.24, 2.45) is 0 Å². The molecule has 1 heterocycles. The van der Waals surface area contributed by atoms with Crippen LogP contribution in [0.4, 0.5) is 4.39 Å². The van der Waals surface area contributed by atoms with E-state index < -0.39 is 11.8 Å². The molecule has 1 aromatic heterocycles. The maximum atomic E-state index is 12.9. The molecule has 0 unspecified atom stereocenters. The molecule has 0 N–H and O–H groups in total. The zero-order valence-electron chi connectivity index (χ0n) is 11.1. The highest BCUT2D eigenvalue weighted by Gasteiger charge is 2.13. The Balaban J connectivity index is 2.26. The molecule has 5 heteroatoms. The number of rotatable bonds is 8. The van der Waals surface area contributed by atoms with E-state index in [1.54, 1.807) is 0 Å². The number of nitrogens with zero attached hydrogens (tertiary/aromatic N) is 1. The van der Waals surface area contributed by atoms with E-state index in [0.29, 0.717) is 6.61 Å². The minimum absolute atomic E-state index is 0.0207. The predicted molar refractivity (Wildman–Crippen MR) is 72.9 cm³/mol. The summed E-state index contributed by atoms with van der Waals surface area (Å²) in [7, 11) is 0. The molecule has 106 valence electrons. The first kappa shape index (κ1) is 15.9. The molecule has 0 radical (unpaired) electrons. The van der Waals surface area contributed by atoms with E-state index >= 15 is 0 Å². The molecule has 0 bridgehead atoms. The van der Waals surface area contributed by atoms with E-state index in [0.717, 1.165) is 31.5 Å². The van der Waals surface area contributed by atoms with Gasteiger partial charge in [-0.3, -0.25) is 0 Å². The number of carbonyl (C=O) groups excluding carboxylic acids is 1. The third-order valence-electron chi connectivity index (χ3n) is 2.76. The molecule has 19 heavy (non-hydrogen) atoms. The van der Waals surface area contributed by atoms with Gasteiger partial charge in [0.1, 0.15) is 11.0 Å². The Morgan fingerprint density at radius 3 is 2.74 bits per heavy atom. The van der Waals surface area contributed by atoms with Gasteiger partial charge < -0.3 is 4.74 Å². The number of halogens is 2. The Morgan fingerprint density at radius 2 is 2.00 bits per heavy atom. The van der Waals surface area contributed by atoms with Crippen molar-refractivity contribution in [2.75, 3.05) is 6.61 Å². The van der Waals surface area contributed by atoms with Crippen molar-refractivity contribution in [3.63, 3.8) is 0 Å². The minimum Gasteiger partial charge on any atom is -0.462 e. The lowest BCUT2D eigenvalue weighted by Crippen LogP contribution is -2.08. The lowest BCUT2D eigenvalue weighted by Gasteiger charge is -2.06. The zero-order valence-corrected chi connectivity index (χ0v) is 11.9. The molecule has 0 spiro atoms. The highest BCUT2D eigenvalue weighted by Crippen LogP contribution is 2.15. The summed E-state index contributed by atoms with van der Waals surface area (Å²) in [5, 5.41) is -0.0330. The topological polar surface area (TPSA) is 39.2 Å². The molecule has 0 aliphatic heterocycles. The third-order valence-corrected chi connectivity index (χ3v) is 3.06. The molecule has 1 aromatic rings. The van der Waals surface area contributed by atoms with Crippen LogP contribution in [-0.4, -0.2) is 17.6 Å². The van der Waals surface area contributed by atoms with Gasteiger partial charge in [-0.1, -0.05) is 50.6 Å². The van der Waals surface area contributed by atoms with Crippen LogP contribution in [0.2, 0.25) is 5.15 Å². The van der Waals surface area contributed by atoms with Gasteiger partial charge in [-0.25, -0.2) is 14.2 Å². The van der Waals surface area contributed by atoms with E-state index in [9.17, 15) is 9.18 Å². The summed E-state index contributed by atoms with van der Waals surface area (Å²) in [6.07, 6.45) is 7.62. The summed E-state index contributed by atoms with van der Waals surface area (Å²) in [5.74, 6) is -1.22. The van der Waals surface area contributed by atoms with E-state index in [4.69, 9.17) is 16.3 Å². The predicted octanol–water partition coefficient (Wildman–Crippen LogP) is 4.39. The van der Waals surface area contributed by atoms with Crippen LogP contribution in [-0.2, 0) is 4.74 Å². The van der Waals surface area contributed by atoms with Crippen molar-refractivity contribution in [3.05, 3.63) is 28.8 Å².